The second-order valence-electron chi connectivity index (χ2n) is 7.36. The summed E-state index contributed by atoms with van der Waals surface area (Å²) in [6.45, 7) is 3.10. The van der Waals surface area contributed by atoms with E-state index in [1.54, 1.807) is 5.57 Å². The molecule has 0 spiro atoms. The van der Waals surface area contributed by atoms with Gasteiger partial charge in [0.2, 0.25) is 0 Å². The first-order valence-corrected chi connectivity index (χ1v) is 11.4. The van der Waals surface area contributed by atoms with Crippen molar-refractivity contribution in [3.8, 4) is 5.75 Å². The van der Waals surface area contributed by atoms with Crippen molar-refractivity contribution in [3.05, 3.63) is 85.7 Å². The lowest BCUT2D eigenvalue weighted by molar-refractivity contribution is 0.171. The molecular weight excluding hydrogens is 532 g/mol. The highest BCUT2D eigenvalue weighted by Crippen LogP contribution is 2.33. The number of hydrogen-bond acceptors (Lipinski definition) is 2. The monoisotopic (exact) mass is 553 g/mol. The summed E-state index contributed by atoms with van der Waals surface area (Å²) in [4.78, 5) is 2.51. The van der Waals surface area contributed by atoms with Gasteiger partial charge in [-0.05, 0) is 65.3 Å². The lowest BCUT2D eigenvalue weighted by atomic mass is 9.95. The molecule has 0 amide bonds. The second-order valence-corrected chi connectivity index (χ2v) is 9.46. The number of halogens is 3. The number of fused-ring (bicyclic) bond motifs is 1. The van der Waals surface area contributed by atoms with Gasteiger partial charge in [-0.2, -0.15) is 0 Å². The fourth-order valence-corrected chi connectivity index (χ4v) is 5.07. The summed E-state index contributed by atoms with van der Waals surface area (Å²) in [5, 5.41) is 0. The van der Waals surface area contributed by atoms with Crippen molar-refractivity contribution in [2.24, 2.45) is 5.92 Å². The summed E-state index contributed by atoms with van der Waals surface area (Å²) in [5.74, 6) is 1.26. The van der Waals surface area contributed by atoms with Crippen LogP contribution in [0.25, 0.3) is 0 Å². The summed E-state index contributed by atoms with van der Waals surface area (Å²) in [7, 11) is 0. The van der Waals surface area contributed by atoms with Gasteiger partial charge in [0.25, 0.3) is 0 Å². The highest BCUT2D eigenvalue weighted by molar-refractivity contribution is 14.1. The van der Waals surface area contributed by atoms with Crippen molar-refractivity contribution in [1.82, 2.24) is 4.90 Å². The molecule has 2 atom stereocenters. The largest absolute Gasteiger partial charge is 0.486 e. The van der Waals surface area contributed by atoms with Gasteiger partial charge < -0.3 is 4.74 Å². The van der Waals surface area contributed by atoms with E-state index in [2.05, 4.69) is 61.6 Å². The fourth-order valence-electron chi connectivity index (χ4n) is 3.95. The van der Waals surface area contributed by atoms with Crippen LogP contribution in [0.1, 0.15) is 24.5 Å². The van der Waals surface area contributed by atoms with E-state index in [1.165, 1.54) is 12.1 Å². The average molecular weight is 554 g/mol. The Hall–Kier alpha value is -1.18. The molecule has 1 heterocycles. The highest BCUT2D eigenvalue weighted by Gasteiger charge is 2.28. The first kappa shape index (κ1) is 20.1. The van der Waals surface area contributed by atoms with E-state index >= 15 is 0 Å². The Labute approximate surface area is 187 Å². The van der Waals surface area contributed by atoms with Crippen molar-refractivity contribution >= 4 is 38.5 Å². The van der Waals surface area contributed by atoms with Crippen LogP contribution in [0.15, 0.2) is 70.7 Å². The Morgan fingerprint density at radius 1 is 1.25 bits per heavy atom. The van der Waals surface area contributed by atoms with Crippen LogP contribution in [-0.2, 0) is 0 Å². The zero-order valence-corrected chi connectivity index (χ0v) is 19.2. The highest BCUT2D eigenvalue weighted by atomic mass is 127. The third-order valence-corrected chi connectivity index (χ3v) is 6.73. The number of ether oxygens (including phenoxy) is 1. The summed E-state index contributed by atoms with van der Waals surface area (Å²) in [5.41, 5.74) is 2.53. The Kier molecular flexibility index (Phi) is 6.53. The quantitative estimate of drug-likeness (QED) is 0.377. The third kappa shape index (κ3) is 4.86. The molecular formula is C23H22BrFINO. The number of benzene rings is 2. The van der Waals surface area contributed by atoms with Gasteiger partial charge in [-0.1, -0.05) is 51.9 Å². The maximum Gasteiger partial charge on any atom is 0.126 e. The van der Waals surface area contributed by atoms with E-state index in [0.717, 1.165) is 51.8 Å². The molecule has 0 bridgehead atoms. The topological polar surface area (TPSA) is 12.5 Å². The van der Waals surface area contributed by atoms with Crippen molar-refractivity contribution in [2.75, 3.05) is 19.6 Å². The molecule has 2 aromatic rings. The maximum atomic E-state index is 13.6. The van der Waals surface area contributed by atoms with Crippen LogP contribution in [0.4, 0.5) is 4.39 Å². The molecule has 2 nitrogen and oxygen atoms in total. The van der Waals surface area contributed by atoms with Crippen molar-refractivity contribution in [2.45, 2.75) is 18.9 Å². The SMILES string of the molecule is Fc1ccc(C(CCN2CC3=CC=CCC3C2)Oc2cccc(I)c2)c(Br)c1. The average Bonchev–Trinajstić information content (AvgIpc) is 3.08. The second kappa shape index (κ2) is 9.09. The van der Waals surface area contributed by atoms with Crippen LogP contribution in [-0.4, -0.2) is 24.5 Å². The fraction of sp³-hybridized carbons (Fsp3) is 0.304. The lowest BCUT2D eigenvalue weighted by Crippen LogP contribution is -2.25. The molecule has 0 N–H and O–H groups in total. The molecule has 2 unspecified atom stereocenters. The first-order chi connectivity index (χ1) is 13.6. The Bertz CT molecular complexity index is 913. The minimum atomic E-state index is -0.244. The molecule has 5 heteroatoms. The maximum absolute atomic E-state index is 13.6. The van der Waals surface area contributed by atoms with Gasteiger partial charge in [-0.3, -0.25) is 4.90 Å². The Balaban J connectivity index is 1.49. The van der Waals surface area contributed by atoms with Crippen LogP contribution in [0.5, 0.6) is 5.75 Å². The minimum Gasteiger partial charge on any atom is -0.486 e. The molecule has 1 aliphatic carbocycles. The van der Waals surface area contributed by atoms with Crippen LogP contribution < -0.4 is 4.74 Å². The van der Waals surface area contributed by atoms with E-state index in [-0.39, 0.29) is 11.9 Å². The van der Waals surface area contributed by atoms with E-state index in [0.29, 0.717) is 5.92 Å². The molecule has 146 valence electrons. The standard InChI is InChI=1S/C23H22BrFINO/c24-22-12-18(25)8-9-21(22)23(28-20-7-3-6-19(26)13-20)10-11-27-14-16-4-1-2-5-17(16)15-27/h1-4,6-9,12-13,17,23H,5,10-11,14-15H2. The van der Waals surface area contributed by atoms with E-state index in [4.69, 9.17) is 4.74 Å². The summed E-state index contributed by atoms with van der Waals surface area (Å²) >= 11 is 5.82. The molecule has 0 radical (unpaired) electrons. The molecule has 0 saturated carbocycles. The van der Waals surface area contributed by atoms with Gasteiger partial charge in [0.1, 0.15) is 17.7 Å². The molecule has 2 aromatic carbocycles. The molecule has 1 aliphatic heterocycles. The van der Waals surface area contributed by atoms with E-state index < -0.39 is 0 Å². The number of allylic oxidation sites excluding steroid dienone is 3. The molecule has 2 aliphatic rings. The molecule has 28 heavy (non-hydrogen) atoms. The van der Waals surface area contributed by atoms with Crippen LogP contribution >= 0.6 is 38.5 Å². The molecule has 1 saturated heterocycles. The summed E-state index contributed by atoms with van der Waals surface area (Å²) < 4.78 is 21.9. The Morgan fingerprint density at radius 3 is 2.93 bits per heavy atom. The predicted molar refractivity (Wildman–Crippen MR) is 123 cm³/mol. The predicted octanol–water partition coefficient (Wildman–Crippen LogP) is 6.52. The van der Waals surface area contributed by atoms with Crippen LogP contribution in [0, 0.1) is 15.3 Å². The zero-order valence-electron chi connectivity index (χ0n) is 15.5. The normalized spacial score (nSPS) is 20.0. The lowest BCUT2D eigenvalue weighted by Gasteiger charge is -2.24. The summed E-state index contributed by atoms with van der Waals surface area (Å²) in [6.07, 6.45) is 8.56. The molecule has 0 aromatic heterocycles. The van der Waals surface area contributed by atoms with Gasteiger partial charge in [-0.15, -0.1) is 0 Å². The zero-order chi connectivity index (χ0) is 19.5. The Morgan fingerprint density at radius 2 is 2.14 bits per heavy atom. The number of hydrogen-bond donors (Lipinski definition) is 0. The summed E-state index contributed by atoms with van der Waals surface area (Å²) in [6, 6.07) is 12.9. The number of rotatable bonds is 6. The number of likely N-dealkylation sites (tertiary alicyclic amines) is 1. The van der Waals surface area contributed by atoms with Gasteiger partial charge in [0.15, 0.2) is 0 Å². The van der Waals surface area contributed by atoms with Crippen LogP contribution in [0.3, 0.4) is 0 Å². The third-order valence-electron chi connectivity index (χ3n) is 5.37. The van der Waals surface area contributed by atoms with E-state index in [1.807, 2.05) is 30.3 Å². The van der Waals surface area contributed by atoms with Crippen LogP contribution in [0.2, 0.25) is 0 Å². The van der Waals surface area contributed by atoms with Gasteiger partial charge in [0, 0.05) is 39.7 Å². The smallest absolute Gasteiger partial charge is 0.126 e. The molecule has 1 fully saturated rings. The van der Waals surface area contributed by atoms with Gasteiger partial charge >= 0.3 is 0 Å². The van der Waals surface area contributed by atoms with Crippen molar-refractivity contribution in [1.29, 1.82) is 0 Å². The van der Waals surface area contributed by atoms with E-state index in [9.17, 15) is 4.39 Å². The molecule has 4 rings (SSSR count). The number of nitrogens with zero attached hydrogens (tertiary/aromatic N) is 1. The van der Waals surface area contributed by atoms with Crippen molar-refractivity contribution < 1.29 is 9.13 Å². The van der Waals surface area contributed by atoms with Gasteiger partial charge in [0.05, 0.1) is 0 Å². The van der Waals surface area contributed by atoms with Crippen molar-refractivity contribution in [3.63, 3.8) is 0 Å². The minimum absolute atomic E-state index is 0.136. The first-order valence-electron chi connectivity index (χ1n) is 9.53. The van der Waals surface area contributed by atoms with Gasteiger partial charge in [-0.25, -0.2) is 4.39 Å².